The predicted molar refractivity (Wildman–Crippen MR) is 137 cm³/mol. The number of halogens is 1. The molecule has 0 radical (unpaired) electrons. The van der Waals surface area contributed by atoms with E-state index >= 15 is 0 Å². The van der Waals surface area contributed by atoms with E-state index in [-0.39, 0.29) is 23.1 Å². The number of nitrogens with one attached hydrogen (secondary N) is 3. The number of nitrogens with zero attached hydrogens (tertiary/aromatic N) is 2. The molecule has 1 aliphatic carbocycles. The minimum absolute atomic E-state index is 0.0587. The van der Waals surface area contributed by atoms with Gasteiger partial charge in [0.25, 0.3) is 5.91 Å². The lowest BCUT2D eigenvalue weighted by atomic mass is 9.72. The molecule has 3 aliphatic rings. The second-order valence-electron chi connectivity index (χ2n) is 10.9. The van der Waals surface area contributed by atoms with Crippen LogP contribution in [0.25, 0.3) is 10.9 Å². The number of amides is 2. The van der Waals surface area contributed by atoms with Gasteiger partial charge in [-0.1, -0.05) is 36.9 Å². The summed E-state index contributed by atoms with van der Waals surface area (Å²) in [7, 11) is 0. The fourth-order valence-electron chi connectivity index (χ4n) is 6.44. The summed E-state index contributed by atoms with van der Waals surface area (Å²) in [6.45, 7) is 1.30. The number of aliphatic hydroxyl groups excluding tert-OH is 1. The van der Waals surface area contributed by atoms with Crippen molar-refractivity contribution >= 4 is 34.3 Å². The van der Waals surface area contributed by atoms with Gasteiger partial charge in [0.05, 0.1) is 6.07 Å². The van der Waals surface area contributed by atoms with Crippen LogP contribution in [-0.4, -0.2) is 58.2 Å². The highest BCUT2D eigenvalue weighted by Gasteiger charge is 2.49. The first-order valence-electron chi connectivity index (χ1n) is 13.1. The highest BCUT2D eigenvalue weighted by molar-refractivity contribution is 6.31. The molecule has 5 rings (SSSR count). The fourth-order valence-corrected chi connectivity index (χ4v) is 6.61. The molecule has 0 bridgehead atoms. The molecule has 2 aromatic rings. The maximum Gasteiger partial charge on any atom is 0.271 e. The Morgan fingerprint density at radius 2 is 2.06 bits per heavy atom. The van der Waals surface area contributed by atoms with Crippen LogP contribution in [0, 0.1) is 22.7 Å². The number of carbonyl (C=O) groups excluding carboxylic acids is 2. The van der Waals surface area contributed by atoms with Gasteiger partial charge in [-0.25, -0.2) is 0 Å². The van der Waals surface area contributed by atoms with Gasteiger partial charge in [-0.2, -0.15) is 5.26 Å². The topological polar surface area (TPSA) is 121 Å². The summed E-state index contributed by atoms with van der Waals surface area (Å²) >= 11 is 6.12. The van der Waals surface area contributed by atoms with Gasteiger partial charge >= 0.3 is 0 Å². The van der Waals surface area contributed by atoms with Crippen LogP contribution >= 0.6 is 11.6 Å². The zero-order valence-corrected chi connectivity index (χ0v) is 21.2. The number of carbonyl (C=O) groups is 2. The number of fused-ring (bicyclic) bond motifs is 1. The van der Waals surface area contributed by atoms with Gasteiger partial charge in [-0.3, -0.25) is 14.9 Å². The number of likely N-dealkylation sites (tertiary alicyclic amines) is 1. The first kappa shape index (κ1) is 25.1. The number of rotatable bonds is 5. The van der Waals surface area contributed by atoms with E-state index in [0.717, 1.165) is 56.0 Å². The standard InChI is InChI=1S/C27H34ClN5O3/c28-19-7-6-17-12-22(32-21(17)13-19)26(36)33-16-27(8-2-1-3-9-27)14-23(33)25(35)31-20(15-29)11-18-5-4-10-30-24(18)34/h6-7,12-13,18,20,23-24,30,32,34H,1-5,8-11,14,16H2,(H,31,35). The predicted octanol–water partition coefficient (Wildman–Crippen LogP) is 3.70. The largest absolute Gasteiger partial charge is 0.378 e. The highest BCUT2D eigenvalue weighted by Crippen LogP contribution is 2.46. The number of piperidine rings is 1. The molecular weight excluding hydrogens is 478 g/mol. The van der Waals surface area contributed by atoms with Crippen molar-refractivity contribution in [2.75, 3.05) is 13.1 Å². The molecule has 2 amide bonds. The summed E-state index contributed by atoms with van der Waals surface area (Å²) < 4.78 is 0. The van der Waals surface area contributed by atoms with E-state index in [2.05, 4.69) is 21.7 Å². The Hall–Kier alpha value is -2.60. The molecule has 9 heteroatoms. The monoisotopic (exact) mass is 511 g/mol. The summed E-state index contributed by atoms with van der Waals surface area (Å²) in [5.41, 5.74) is 1.16. The Balaban J connectivity index is 1.36. The lowest BCUT2D eigenvalue weighted by Gasteiger charge is -2.32. The number of H-pyrrole nitrogens is 1. The molecule has 4 N–H and O–H groups in total. The summed E-state index contributed by atoms with van der Waals surface area (Å²) in [6, 6.07) is 8.11. The summed E-state index contributed by atoms with van der Waals surface area (Å²) in [4.78, 5) is 32.2. The van der Waals surface area contributed by atoms with Crippen LogP contribution in [0.5, 0.6) is 0 Å². The molecule has 1 aromatic carbocycles. The first-order chi connectivity index (χ1) is 17.4. The van der Waals surface area contributed by atoms with Crippen molar-refractivity contribution in [3.8, 4) is 6.07 Å². The molecule has 3 fully saturated rings. The Bertz CT molecular complexity index is 1170. The lowest BCUT2D eigenvalue weighted by molar-refractivity contribution is -0.125. The lowest BCUT2D eigenvalue weighted by Crippen LogP contribution is -2.50. The van der Waals surface area contributed by atoms with Crippen LogP contribution in [0.2, 0.25) is 5.02 Å². The van der Waals surface area contributed by atoms with Crippen molar-refractivity contribution in [2.45, 2.75) is 76.1 Å². The summed E-state index contributed by atoms with van der Waals surface area (Å²) in [5.74, 6) is -0.576. The van der Waals surface area contributed by atoms with Crippen LogP contribution in [0.1, 0.15) is 68.3 Å². The summed E-state index contributed by atoms with van der Waals surface area (Å²) in [5, 5.41) is 27.4. The molecular formula is C27H34ClN5O3. The normalized spacial score (nSPS) is 26.6. The van der Waals surface area contributed by atoms with E-state index < -0.39 is 18.3 Å². The van der Waals surface area contributed by atoms with Gasteiger partial charge < -0.3 is 20.3 Å². The molecule has 192 valence electrons. The third-order valence-electron chi connectivity index (χ3n) is 8.36. The molecule has 36 heavy (non-hydrogen) atoms. The number of aromatic amines is 1. The third-order valence-corrected chi connectivity index (χ3v) is 8.60. The second-order valence-corrected chi connectivity index (χ2v) is 11.3. The molecule has 1 saturated carbocycles. The molecule has 4 atom stereocenters. The Kier molecular flexibility index (Phi) is 7.25. The third kappa shape index (κ3) is 5.10. The molecule has 1 aromatic heterocycles. The number of benzene rings is 1. The van der Waals surface area contributed by atoms with E-state index in [9.17, 15) is 20.0 Å². The van der Waals surface area contributed by atoms with Gasteiger partial charge in [0, 0.05) is 28.4 Å². The van der Waals surface area contributed by atoms with Crippen LogP contribution in [0.15, 0.2) is 24.3 Å². The van der Waals surface area contributed by atoms with E-state index in [1.807, 2.05) is 12.1 Å². The fraction of sp³-hybridized carbons (Fsp3) is 0.593. The van der Waals surface area contributed by atoms with Crippen molar-refractivity contribution in [3.05, 3.63) is 35.0 Å². The number of hydrogen-bond acceptors (Lipinski definition) is 5. The quantitative estimate of drug-likeness (QED) is 0.487. The average molecular weight is 512 g/mol. The Morgan fingerprint density at radius 1 is 1.25 bits per heavy atom. The van der Waals surface area contributed by atoms with Crippen molar-refractivity contribution in [2.24, 2.45) is 11.3 Å². The van der Waals surface area contributed by atoms with Gasteiger partial charge in [-0.05, 0) is 68.7 Å². The summed E-state index contributed by atoms with van der Waals surface area (Å²) in [6.07, 6.45) is 7.47. The highest BCUT2D eigenvalue weighted by atomic mass is 35.5. The molecule has 4 unspecified atom stereocenters. The molecule has 2 saturated heterocycles. The zero-order chi connectivity index (χ0) is 25.3. The van der Waals surface area contributed by atoms with E-state index in [4.69, 9.17) is 11.6 Å². The van der Waals surface area contributed by atoms with Crippen LogP contribution in [-0.2, 0) is 4.79 Å². The van der Waals surface area contributed by atoms with Crippen molar-refractivity contribution in [1.29, 1.82) is 5.26 Å². The van der Waals surface area contributed by atoms with Gasteiger partial charge in [0.15, 0.2) is 0 Å². The number of aromatic nitrogens is 1. The maximum absolute atomic E-state index is 13.7. The Labute approximate surface area is 216 Å². The zero-order valence-electron chi connectivity index (χ0n) is 20.4. The van der Waals surface area contributed by atoms with E-state index in [1.165, 1.54) is 6.42 Å². The minimum atomic E-state index is -0.716. The second kappa shape index (κ2) is 10.4. The van der Waals surface area contributed by atoms with Crippen LogP contribution < -0.4 is 10.6 Å². The van der Waals surface area contributed by atoms with Crippen molar-refractivity contribution in [3.63, 3.8) is 0 Å². The number of aliphatic hydroxyl groups is 1. The molecule has 8 nitrogen and oxygen atoms in total. The van der Waals surface area contributed by atoms with E-state index in [1.54, 1.807) is 17.0 Å². The van der Waals surface area contributed by atoms with Gasteiger partial charge in [0.2, 0.25) is 5.91 Å². The van der Waals surface area contributed by atoms with Crippen LogP contribution in [0.3, 0.4) is 0 Å². The maximum atomic E-state index is 13.7. The minimum Gasteiger partial charge on any atom is -0.378 e. The molecule has 2 aliphatic heterocycles. The van der Waals surface area contributed by atoms with Crippen molar-refractivity contribution < 1.29 is 14.7 Å². The number of hydrogen-bond donors (Lipinski definition) is 4. The molecule has 3 heterocycles. The number of nitriles is 1. The van der Waals surface area contributed by atoms with Crippen LogP contribution in [0.4, 0.5) is 0 Å². The van der Waals surface area contributed by atoms with Crippen molar-refractivity contribution in [1.82, 2.24) is 20.5 Å². The Morgan fingerprint density at radius 3 is 2.81 bits per heavy atom. The molecule has 1 spiro atoms. The smallest absolute Gasteiger partial charge is 0.271 e. The van der Waals surface area contributed by atoms with Gasteiger partial charge in [-0.15, -0.1) is 0 Å². The SMILES string of the molecule is N#CC(CC1CCCNC1O)NC(=O)C1CC2(CCCCC2)CN1C(=O)c1cc2ccc(Cl)cc2[nH]1. The van der Waals surface area contributed by atoms with Gasteiger partial charge in [0.1, 0.15) is 24.0 Å². The first-order valence-corrected chi connectivity index (χ1v) is 13.5. The van der Waals surface area contributed by atoms with E-state index in [0.29, 0.717) is 30.1 Å². The average Bonchev–Trinajstić information content (AvgIpc) is 3.46.